The molecular weight excluding hydrogens is 276 g/mol. The van der Waals surface area contributed by atoms with E-state index < -0.39 is 15.6 Å². The molecule has 1 aromatic rings. The van der Waals surface area contributed by atoms with Gasteiger partial charge < -0.3 is 10.1 Å². The molecule has 0 amide bonds. The van der Waals surface area contributed by atoms with Crippen molar-refractivity contribution < 1.29 is 21.9 Å². The first kappa shape index (κ1) is 15.8. The first-order valence-corrected chi connectivity index (χ1v) is 7.36. The summed E-state index contributed by atoms with van der Waals surface area (Å²) in [6.45, 7) is 4.90. The monoisotopic (exact) mass is 293 g/mol. The fourth-order valence-corrected chi connectivity index (χ4v) is 2.08. The number of hydrogen-bond donors (Lipinski definition) is 1. The Morgan fingerprint density at radius 1 is 1.21 bits per heavy atom. The van der Waals surface area contributed by atoms with Crippen LogP contribution in [0.2, 0.25) is 0 Å². The molecule has 0 fully saturated rings. The fourth-order valence-electron chi connectivity index (χ4n) is 1.36. The summed E-state index contributed by atoms with van der Waals surface area (Å²) in [6.07, 6.45) is 0.139. The Bertz CT molecular complexity index is 486. The van der Waals surface area contributed by atoms with Crippen LogP contribution in [0.3, 0.4) is 0 Å². The number of alkyl halides is 2. The van der Waals surface area contributed by atoms with Crippen LogP contribution in [0, 0.1) is 0 Å². The molecule has 0 saturated heterocycles. The molecule has 19 heavy (non-hydrogen) atoms. The van der Waals surface area contributed by atoms with Crippen LogP contribution < -0.4 is 5.32 Å². The molecule has 0 unspecified atom stereocenters. The molecule has 0 bridgehead atoms. The molecule has 1 N–H and O–H groups in total. The van der Waals surface area contributed by atoms with Gasteiger partial charge in [-0.2, -0.15) is 8.78 Å². The second-order valence-corrected chi connectivity index (χ2v) is 6.09. The van der Waals surface area contributed by atoms with E-state index in [2.05, 4.69) is 5.32 Å². The number of halogens is 2. The highest BCUT2D eigenvalue weighted by Gasteiger charge is 2.26. The third-order valence-corrected chi connectivity index (χ3v) is 3.70. The molecule has 0 spiro atoms. The number of anilines is 1. The summed E-state index contributed by atoms with van der Waals surface area (Å²) in [6, 6.07) is 5.22. The molecule has 108 valence electrons. The molecule has 0 atom stereocenters. The maximum atomic E-state index is 12.3. The molecule has 1 aromatic carbocycles. The van der Waals surface area contributed by atoms with Crippen molar-refractivity contribution in [2.24, 2.45) is 0 Å². The van der Waals surface area contributed by atoms with Crippen molar-refractivity contribution in [2.75, 3.05) is 18.5 Å². The highest BCUT2D eigenvalue weighted by molar-refractivity contribution is 7.91. The lowest BCUT2D eigenvalue weighted by Crippen LogP contribution is -2.13. The lowest BCUT2D eigenvalue weighted by atomic mass is 10.3. The number of nitrogens with one attached hydrogen (secondary N) is 1. The van der Waals surface area contributed by atoms with E-state index in [0.29, 0.717) is 18.8 Å². The van der Waals surface area contributed by atoms with Crippen LogP contribution in [-0.4, -0.2) is 33.4 Å². The van der Waals surface area contributed by atoms with E-state index in [0.717, 1.165) is 12.1 Å². The topological polar surface area (TPSA) is 55.4 Å². The molecule has 0 saturated carbocycles. The number of sulfone groups is 1. The number of ether oxygens (including phenoxy) is 1. The maximum absolute atomic E-state index is 12.3. The van der Waals surface area contributed by atoms with Gasteiger partial charge in [-0.1, -0.05) is 0 Å². The van der Waals surface area contributed by atoms with Crippen molar-refractivity contribution in [1.82, 2.24) is 0 Å². The lowest BCUT2D eigenvalue weighted by molar-refractivity contribution is 0.0870. The minimum atomic E-state index is -4.52. The van der Waals surface area contributed by atoms with Crippen LogP contribution in [0.5, 0.6) is 0 Å². The lowest BCUT2D eigenvalue weighted by Gasteiger charge is -2.10. The van der Waals surface area contributed by atoms with Crippen LogP contribution in [0.4, 0.5) is 14.5 Å². The summed E-state index contributed by atoms with van der Waals surface area (Å²) in [4.78, 5) is -0.383. The summed E-state index contributed by atoms with van der Waals surface area (Å²) in [5.74, 6) is -3.40. The van der Waals surface area contributed by atoms with E-state index in [1.54, 1.807) is 0 Å². The minimum Gasteiger partial charge on any atom is -0.383 e. The zero-order chi connectivity index (χ0) is 14.5. The van der Waals surface area contributed by atoms with Gasteiger partial charge in [-0.15, -0.1) is 0 Å². The zero-order valence-corrected chi connectivity index (χ0v) is 11.6. The number of hydrogen-bond acceptors (Lipinski definition) is 4. The molecule has 0 heterocycles. The highest BCUT2D eigenvalue weighted by Crippen LogP contribution is 2.20. The Morgan fingerprint density at radius 2 is 1.79 bits per heavy atom. The molecule has 0 aliphatic rings. The van der Waals surface area contributed by atoms with E-state index >= 15 is 0 Å². The van der Waals surface area contributed by atoms with E-state index in [4.69, 9.17) is 4.74 Å². The van der Waals surface area contributed by atoms with Crippen molar-refractivity contribution >= 4 is 15.5 Å². The minimum absolute atomic E-state index is 0.139. The summed E-state index contributed by atoms with van der Waals surface area (Å²) in [5, 5.41) is 3.00. The standard InChI is InChI=1S/C12H17F2NO3S/c1-9(2)18-8-7-15-10-3-5-11(6-4-10)19(16,17)12(13)14/h3-6,9,12,15H,7-8H2,1-2H3. The van der Waals surface area contributed by atoms with Gasteiger partial charge in [-0.3, -0.25) is 0 Å². The molecule has 0 radical (unpaired) electrons. The highest BCUT2D eigenvalue weighted by atomic mass is 32.2. The Balaban J connectivity index is 2.58. The Morgan fingerprint density at radius 3 is 2.26 bits per heavy atom. The Hall–Kier alpha value is -1.21. The zero-order valence-electron chi connectivity index (χ0n) is 10.8. The van der Waals surface area contributed by atoms with Gasteiger partial charge in [-0.25, -0.2) is 8.42 Å². The normalized spacial score (nSPS) is 12.1. The molecule has 7 heteroatoms. The van der Waals surface area contributed by atoms with Crippen molar-refractivity contribution in [1.29, 1.82) is 0 Å². The first-order chi connectivity index (χ1) is 8.84. The van der Waals surface area contributed by atoms with Gasteiger partial charge in [-0.05, 0) is 38.1 Å². The second-order valence-electron chi connectivity index (χ2n) is 4.18. The largest absolute Gasteiger partial charge is 0.383 e. The molecule has 0 aliphatic carbocycles. The van der Waals surface area contributed by atoms with Crippen molar-refractivity contribution in [3.63, 3.8) is 0 Å². The SMILES string of the molecule is CC(C)OCCNc1ccc(S(=O)(=O)C(F)F)cc1. The first-order valence-electron chi connectivity index (χ1n) is 5.81. The van der Waals surface area contributed by atoms with Gasteiger partial charge in [0.2, 0.25) is 9.84 Å². The van der Waals surface area contributed by atoms with Crippen molar-refractivity contribution in [2.45, 2.75) is 30.6 Å². The fraction of sp³-hybridized carbons (Fsp3) is 0.500. The summed E-state index contributed by atoms with van der Waals surface area (Å²) >= 11 is 0. The van der Waals surface area contributed by atoms with Crippen LogP contribution in [0.1, 0.15) is 13.8 Å². The van der Waals surface area contributed by atoms with Gasteiger partial charge in [0.1, 0.15) is 0 Å². The number of rotatable bonds is 7. The van der Waals surface area contributed by atoms with Gasteiger partial charge in [0.25, 0.3) is 0 Å². The third-order valence-electron chi connectivity index (χ3n) is 2.30. The Labute approximate surface area is 111 Å². The smallest absolute Gasteiger partial charge is 0.341 e. The average molecular weight is 293 g/mol. The van der Waals surface area contributed by atoms with Gasteiger partial charge in [0, 0.05) is 12.2 Å². The van der Waals surface area contributed by atoms with Crippen LogP contribution >= 0.6 is 0 Å². The Kier molecular flexibility index (Phi) is 5.68. The molecule has 4 nitrogen and oxygen atoms in total. The predicted octanol–water partition coefficient (Wildman–Crippen LogP) is 2.52. The second kappa shape index (κ2) is 6.81. The summed E-state index contributed by atoms with van der Waals surface area (Å²) in [5.41, 5.74) is 0.653. The average Bonchev–Trinajstić information content (AvgIpc) is 2.35. The predicted molar refractivity (Wildman–Crippen MR) is 69.2 cm³/mol. The molecule has 1 rings (SSSR count). The quantitative estimate of drug-likeness (QED) is 0.785. The van der Waals surface area contributed by atoms with Crippen LogP contribution in [0.15, 0.2) is 29.2 Å². The maximum Gasteiger partial charge on any atom is 0.341 e. The van der Waals surface area contributed by atoms with E-state index in [-0.39, 0.29) is 11.0 Å². The third kappa shape index (κ3) is 4.76. The summed E-state index contributed by atoms with van der Waals surface area (Å²) in [7, 11) is -4.52. The van der Waals surface area contributed by atoms with Gasteiger partial charge in [0.15, 0.2) is 0 Å². The van der Waals surface area contributed by atoms with Crippen LogP contribution in [-0.2, 0) is 14.6 Å². The molecular formula is C12H17F2NO3S. The van der Waals surface area contributed by atoms with Crippen molar-refractivity contribution in [3.05, 3.63) is 24.3 Å². The van der Waals surface area contributed by atoms with E-state index in [1.165, 1.54) is 12.1 Å². The van der Waals surface area contributed by atoms with Gasteiger partial charge >= 0.3 is 5.76 Å². The van der Waals surface area contributed by atoms with E-state index in [9.17, 15) is 17.2 Å². The van der Waals surface area contributed by atoms with Gasteiger partial charge in [0.05, 0.1) is 17.6 Å². The van der Waals surface area contributed by atoms with E-state index in [1.807, 2.05) is 13.8 Å². The molecule has 0 aliphatic heterocycles. The van der Waals surface area contributed by atoms with Crippen LogP contribution in [0.25, 0.3) is 0 Å². The summed E-state index contributed by atoms with van der Waals surface area (Å²) < 4.78 is 52.3. The van der Waals surface area contributed by atoms with Crippen molar-refractivity contribution in [3.8, 4) is 0 Å². The number of benzene rings is 1. The molecule has 0 aromatic heterocycles.